The van der Waals surface area contributed by atoms with Crippen LogP contribution in [0.3, 0.4) is 0 Å². The Bertz CT molecular complexity index is 374. The molecular weight excluding hydrogens is 210 g/mol. The number of benzene rings is 1. The maximum Gasteiger partial charge on any atom is 0.222 e. The average Bonchev–Trinajstić information content (AvgIpc) is 2.70. The Kier molecular flexibility index (Phi) is 3.82. The first kappa shape index (κ1) is 12.2. The summed E-state index contributed by atoms with van der Waals surface area (Å²) in [5.74, 6) is 0.939. The van der Waals surface area contributed by atoms with Crippen molar-refractivity contribution in [1.82, 2.24) is 4.90 Å². The first-order chi connectivity index (χ1) is 8.20. The van der Waals surface area contributed by atoms with Gasteiger partial charge in [-0.1, -0.05) is 44.2 Å². The summed E-state index contributed by atoms with van der Waals surface area (Å²) in [6.07, 6.45) is 2.76. The zero-order valence-corrected chi connectivity index (χ0v) is 10.7. The van der Waals surface area contributed by atoms with Gasteiger partial charge in [-0.3, -0.25) is 4.79 Å². The van der Waals surface area contributed by atoms with E-state index < -0.39 is 0 Å². The van der Waals surface area contributed by atoms with E-state index in [2.05, 4.69) is 36.1 Å². The van der Waals surface area contributed by atoms with Gasteiger partial charge in [-0.2, -0.15) is 0 Å². The van der Waals surface area contributed by atoms with Gasteiger partial charge in [0.15, 0.2) is 0 Å². The number of likely N-dealkylation sites (tertiary alicyclic amines) is 1. The Morgan fingerprint density at radius 2 is 2.06 bits per heavy atom. The number of carbonyl (C=O) groups excluding carboxylic acids is 1. The summed E-state index contributed by atoms with van der Waals surface area (Å²) in [5, 5.41) is 0. The van der Waals surface area contributed by atoms with Crippen molar-refractivity contribution < 1.29 is 4.79 Å². The van der Waals surface area contributed by atoms with E-state index >= 15 is 0 Å². The first-order valence-electron chi connectivity index (χ1n) is 6.54. The summed E-state index contributed by atoms with van der Waals surface area (Å²) in [6, 6.07) is 10.9. The molecule has 0 radical (unpaired) electrons. The van der Waals surface area contributed by atoms with Crippen molar-refractivity contribution in [3.8, 4) is 0 Å². The lowest BCUT2D eigenvalue weighted by molar-refractivity contribution is -0.131. The molecule has 0 saturated carbocycles. The normalized spacial score (nSPS) is 24.0. The van der Waals surface area contributed by atoms with Crippen molar-refractivity contribution in [3.63, 3.8) is 0 Å². The molecule has 0 aliphatic carbocycles. The highest BCUT2D eigenvalue weighted by atomic mass is 16.2. The maximum absolute atomic E-state index is 11.9. The van der Waals surface area contributed by atoms with E-state index in [0.717, 1.165) is 19.4 Å². The van der Waals surface area contributed by atoms with Crippen LogP contribution in [0.25, 0.3) is 0 Å². The third-order valence-electron chi connectivity index (χ3n) is 3.56. The number of rotatable bonds is 3. The predicted molar refractivity (Wildman–Crippen MR) is 69.7 cm³/mol. The van der Waals surface area contributed by atoms with Gasteiger partial charge in [0.1, 0.15) is 0 Å². The fourth-order valence-electron chi connectivity index (χ4n) is 2.74. The van der Waals surface area contributed by atoms with Crippen molar-refractivity contribution in [3.05, 3.63) is 35.9 Å². The smallest absolute Gasteiger partial charge is 0.222 e. The van der Waals surface area contributed by atoms with E-state index in [1.807, 2.05) is 13.0 Å². The molecule has 2 atom stereocenters. The van der Waals surface area contributed by atoms with Crippen molar-refractivity contribution in [2.75, 3.05) is 6.54 Å². The fourth-order valence-corrected chi connectivity index (χ4v) is 2.74. The van der Waals surface area contributed by atoms with Crippen LogP contribution in [0.1, 0.15) is 32.3 Å². The van der Waals surface area contributed by atoms with Gasteiger partial charge in [0.05, 0.1) is 0 Å². The number of amides is 1. The van der Waals surface area contributed by atoms with Crippen molar-refractivity contribution in [2.45, 2.75) is 39.2 Å². The van der Waals surface area contributed by atoms with Crippen LogP contribution in [0.15, 0.2) is 30.3 Å². The molecule has 1 aliphatic heterocycles. The van der Waals surface area contributed by atoms with Gasteiger partial charge in [0.2, 0.25) is 5.91 Å². The quantitative estimate of drug-likeness (QED) is 0.783. The minimum Gasteiger partial charge on any atom is -0.339 e. The molecule has 92 valence electrons. The van der Waals surface area contributed by atoms with E-state index in [9.17, 15) is 4.79 Å². The highest BCUT2D eigenvalue weighted by Crippen LogP contribution is 2.26. The van der Waals surface area contributed by atoms with Crippen LogP contribution in [-0.2, 0) is 11.2 Å². The summed E-state index contributed by atoms with van der Waals surface area (Å²) >= 11 is 0. The van der Waals surface area contributed by atoms with Gasteiger partial charge in [-0.05, 0) is 24.3 Å². The van der Waals surface area contributed by atoms with Gasteiger partial charge >= 0.3 is 0 Å². The second-order valence-corrected chi connectivity index (χ2v) is 5.08. The molecule has 1 amide bonds. The van der Waals surface area contributed by atoms with Crippen molar-refractivity contribution >= 4 is 5.91 Å². The number of hydrogen-bond donors (Lipinski definition) is 0. The highest BCUT2D eigenvalue weighted by Gasteiger charge is 2.31. The minimum atomic E-state index is 0.301. The molecule has 2 rings (SSSR count). The predicted octanol–water partition coefficient (Wildman–Crippen LogP) is 2.88. The second kappa shape index (κ2) is 5.35. The van der Waals surface area contributed by atoms with Crippen LogP contribution in [0.2, 0.25) is 0 Å². The Morgan fingerprint density at radius 1 is 1.35 bits per heavy atom. The van der Waals surface area contributed by atoms with E-state index in [0.29, 0.717) is 24.3 Å². The molecule has 0 aromatic heterocycles. The molecule has 0 N–H and O–H groups in total. The Hall–Kier alpha value is -1.31. The van der Waals surface area contributed by atoms with Crippen LogP contribution in [0.4, 0.5) is 0 Å². The zero-order valence-electron chi connectivity index (χ0n) is 10.7. The number of carbonyl (C=O) groups is 1. The van der Waals surface area contributed by atoms with Gasteiger partial charge in [0, 0.05) is 19.0 Å². The highest BCUT2D eigenvalue weighted by molar-refractivity contribution is 5.76. The molecule has 1 heterocycles. The Balaban J connectivity index is 2.06. The molecule has 0 unspecified atom stereocenters. The third-order valence-corrected chi connectivity index (χ3v) is 3.56. The van der Waals surface area contributed by atoms with E-state index in [-0.39, 0.29) is 0 Å². The molecule has 0 bridgehead atoms. The molecular formula is C15H21NO. The SMILES string of the molecule is CCC(=O)N1C[C@@H](C)C[C@@H]1Cc1ccccc1. The molecule has 0 spiro atoms. The van der Waals surface area contributed by atoms with Gasteiger partial charge in [-0.15, -0.1) is 0 Å². The van der Waals surface area contributed by atoms with Crippen LogP contribution in [-0.4, -0.2) is 23.4 Å². The summed E-state index contributed by atoms with van der Waals surface area (Å²) < 4.78 is 0. The lowest BCUT2D eigenvalue weighted by Gasteiger charge is -2.24. The summed E-state index contributed by atoms with van der Waals surface area (Å²) in [4.78, 5) is 14.0. The molecule has 2 heteroatoms. The molecule has 1 aliphatic rings. The third kappa shape index (κ3) is 2.87. The molecule has 2 nitrogen and oxygen atoms in total. The molecule has 1 aromatic rings. The van der Waals surface area contributed by atoms with E-state index in [1.165, 1.54) is 5.56 Å². The summed E-state index contributed by atoms with van der Waals surface area (Å²) in [6.45, 7) is 5.12. The van der Waals surface area contributed by atoms with Gasteiger partial charge in [0.25, 0.3) is 0 Å². The van der Waals surface area contributed by atoms with Crippen LogP contribution in [0, 0.1) is 5.92 Å². The number of nitrogens with zero attached hydrogens (tertiary/aromatic N) is 1. The van der Waals surface area contributed by atoms with Crippen LogP contribution in [0.5, 0.6) is 0 Å². The fraction of sp³-hybridized carbons (Fsp3) is 0.533. The topological polar surface area (TPSA) is 20.3 Å². The Labute approximate surface area is 104 Å². The van der Waals surface area contributed by atoms with Crippen LogP contribution < -0.4 is 0 Å². The summed E-state index contributed by atoms with van der Waals surface area (Å²) in [7, 11) is 0. The monoisotopic (exact) mass is 231 g/mol. The lowest BCUT2D eigenvalue weighted by Crippen LogP contribution is -2.36. The first-order valence-corrected chi connectivity index (χ1v) is 6.54. The zero-order chi connectivity index (χ0) is 12.3. The van der Waals surface area contributed by atoms with Crippen molar-refractivity contribution in [1.29, 1.82) is 0 Å². The molecule has 1 fully saturated rings. The maximum atomic E-state index is 11.9. The number of hydrogen-bond acceptors (Lipinski definition) is 1. The second-order valence-electron chi connectivity index (χ2n) is 5.08. The lowest BCUT2D eigenvalue weighted by atomic mass is 10.0. The van der Waals surface area contributed by atoms with E-state index in [1.54, 1.807) is 0 Å². The average molecular weight is 231 g/mol. The minimum absolute atomic E-state index is 0.301. The molecule has 17 heavy (non-hydrogen) atoms. The van der Waals surface area contributed by atoms with Crippen LogP contribution >= 0.6 is 0 Å². The standard InChI is InChI=1S/C15H21NO/c1-3-15(17)16-11-12(2)9-14(16)10-13-7-5-4-6-8-13/h4-8,12,14H,3,9-11H2,1-2H3/t12-,14+/m0/s1. The molecule has 1 aromatic carbocycles. The molecule has 1 saturated heterocycles. The van der Waals surface area contributed by atoms with Gasteiger partial charge < -0.3 is 4.90 Å². The van der Waals surface area contributed by atoms with E-state index in [4.69, 9.17) is 0 Å². The summed E-state index contributed by atoms with van der Waals surface area (Å²) in [5.41, 5.74) is 1.33. The largest absolute Gasteiger partial charge is 0.339 e. The Morgan fingerprint density at radius 3 is 2.71 bits per heavy atom. The van der Waals surface area contributed by atoms with Gasteiger partial charge in [-0.25, -0.2) is 0 Å². The van der Waals surface area contributed by atoms with Crippen molar-refractivity contribution in [2.24, 2.45) is 5.92 Å².